The first-order valence-electron chi connectivity index (χ1n) is 3.91. The van der Waals surface area contributed by atoms with Gasteiger partial charge in [0.1, 0.15) is 0 Å². The first kappa shape index (κ1) is 9.54. The highest BCUT2D eigenvalue weighted by molar-refractivity contribution is 5.84. The molecular weight excluding hydrogens is 168 g/mol. The molecular formula is C9H12N2O2. The van der Waals surface area contributed by atoms with E-state index >= 15 is 0 Å². The van der Waals surface area contributed by atoms with Crippen molar-refractivity contribution in [3.05, 3.63) is 23.8 Å². The Labute approximate surface area is 76.3 Å². The number of nitrogens with zero attached hydrogens (tertiary/aromatic N) is 1. The largest absolute Gasteiger partial charge is 0.504 e. The molecule has 0 spiro atoms. The zero-order valence-corrected chi connectivity index (χ0v) is 7.31. The van der Waals surface area contributed by atoms with Crippen LogP contribution in [0.15, 0.2) is 23.2 Å². The molecule has 0 aliphatic heterocycles. The van der Waals surface area contributed by atoms with Crippen LogP contribution >= 0.6 is 0 Å². The van der Waals surface area contributed by atoms with Crippen molar-refractivity contribution in [3.8, 4) is 11.5 Å². The second-order valence-electron chi connectivity index (χ2n) is 2.73. The fraction of sp³-hybridized carbons (Fsp3) is 0.222. The van der Waals surface area contributed by atoms with Crippen LogP contribution in [-0.2, 0) is 0 Å². The molecule has 1 rings (SSSR count). The van der Waals surface area contributed by atoms with Crippen LogP contribution in [0.5, 0.6) is 11.5 Å². The van der Waals surface area contributed by atoms with Crippen molar-refractivity contribution in [1.29, 1.82) is 0 Å². The van der Waals surface area contributed by atoms with E-state index in [0.717, 1.165) is 0 Å². The Kier molecular flexibility index (Phi) is 2.87. The van der Waals surface area contributed by atoms with Gasteiger partial charge in [-0.15, -0.1) is 0 Å². The highest BCUT2D eigenvalue weighted by Crippen LogP contribution is 2.26. The summed E-state index contributed by atoms with van der Waals surface area (Å²) in [6, 6.07) is 4.66. The SMILES string of the molecule is CC(N)/N=C/c1cccc(O)c1O. The van der Waals surface area contributed by atoms with Gasteiger partial charge in [0, 0.05) is 11.8 Å². The number of phenolic OH excluding ortho intramolecular Hbond substituents is 2. The minimum Gasteiger partial charge on any atom is -0.504 e. The minimum atomic E-state index is -0.318. The Hall–Kier alpha value is -1.55. The fourth-order valence-electron chi connectivity index (χ4n) is 0.851. The number of hydrogen-bond acceptors (Lipinski definition) is 4. The Bertz CT molecular complexity index is 321. The highest BCUT2D eigenvalue weighted by atomic mass is 16.3. The van der Waals surface area contributed by atoms with E-state index in [0.29, 0.717) is 5.56 Å². The van der Waals surface area contributed by atoms with Gasteiger partial charge in [0.15, 0.2) is 11.5 Å². The van der Waals surface area contributed by atoms with E-state index < -0.39 is 0 Å². The molecule has 0 bridgehead atoms. The second-order valence-corrected chi connectivity index (χ2v) is 2.73. The Morgan fingerprint density at radius 2 is 2.15 bits per heavy atom. The van der Waals surface area contributed by atoms with Crippen LogP contribution in [0.1, 0.15) is 12.5 Å². The molecule has 0 aliphatic rings. The lowest BCUT2D eigenvalue weighted by molar-refractivity contribution is 0.403. The average Bonchev–Trinajstić information content (AvgIpc) is 2.07. The van der Waals surface area contributed by atoms with E-state index in [1.54, 1.807) is 19.1 Å². The summed E-state index contributed by atoms with van der Waals surface area (Å²) in [5.41, 5.74) is 5.84. The molecule has 1 aromatic carbocycles. The monoisotopic (exact) mass is 180 g/mol. The summed E-state index contributed by atoms with van der Waals surface area (Å²) in [5.74, 6) is -0.333. The molecule has 0 amide bonds. The normalized spacial score (nSPS) is 13.4. The third-order valence-electron chi connectivity index (χ3n) is 1.49. The van der Waals surface area contributed by atoms with Gasteiger partial charge in [0.2, 0.25) is 0 Å². The molecule has 0 fully saturated rings. The van der Waals surface area contributed by atoms with Crippen molar-refractivity contribution in [2.45, 2.75) is 13.1 Å². The molecule has 0 heterocycles. The van der Waals surface area contributed by atoms with Crippen LogP contribution in [0.25, 0.3) is 0 Å². The van der Waals surface area contributed by atoms with Crippen LogP contribution in [-0.4, -0.2) is 22.6 Å². The summed E-state index contributed by atoms with van der Waals surface area (Å²) >= 11 is 0. The molecule has 0 aromatic heterocycles. The van der Waals surface area contributed by atoms with Crippen LogP contribution in [0.4, 0.5) is 0 Å². The lowest BCUT2D eigenvalue weighted by Crippen LogP contribution is -2.11. The fourth-order valence-corrected chi connectivity index (χ4v) is 0.851. The number of aromatic hydroxyl groups is 2. The molecule has 0 radical (unpaired) electrons. The zero-order chi connectivity index (χ0) is 9.84. The molecule has 1 atom stereocenters. The summed E-state index contributed by atoms with van der Waals surface area (Å²) in [6.07, 6.45) is 1.11. The highest BCUT2D eigenvalue weighted by Gasteiger charge is 2.02. The maximum Gasteiger partial charge on any atom is 0.166 e. The molecule has 13 heavy (non-hydrogen) atoms. The summed E-state index contributed by atoms with van der Waals surface area (Å²) in [4.78, 5) is 3.88. The van der Waals surface area contributed by atoms with Gasteiger partial charge in [-0.2, -0.15) is 0 Å². The maximum atomic E-state index is 9.33. The molecule has 1 unspecified atom stereocenters. The van der Waals surface area contributed by atoms with Gasteiger partial charge < -0.3 is 15.9 Å². The predicted octanol–water partition coefficient (Wildman–Crippen LogP) is 0.821. The van der Waals surface area contributed by atoms with E-state index in [-0.39, 0.29) is 17.7 Å². The first-order chi connectivity index (χ1) is 6.11. The van der Waals surface area contributed by atoms with Gasteiger partial charge in [-0.25, -0.2) is 0 Å². The van der Waals surface area contributed by atoms with E-state index in [2.05, 4.69) is 4.99 Å². The van der Waals surface area contributed by atoms with E-state index in [1.807, 2.05) is 0 Å². The summed E-state index contributed by atoms with van der Waals surface area (Å²) in [7, 11) is 0. The van der Waals surface area contributed by atoms with E-state index in [9.17, 15) is 5.11 Å². The lowest BCUT2D eigenvalue weighted by Gasteiger charge is -2.01. The van der Waals surface area contributed by atoms with E-state index in [4.69, 9.17) is 10.8 Å². The summed E-state index contributed by atoms with van der Waals surface area (Å²) in [5, 5.41) is 18.5. The van der Waals surface area contributed by atoms with Gasteiger partial charge in [0.05, 0.1) is 6.17 Å². The zero-order valence-electron chi connectivity index (χ0n) is 7.31. The van der Waals surface area contributed by atoms with Crippen LogP contribution in [0.3, 0.4) is 0 Å². The topological polar surface area (TPSA) is 78.8 Å². The Balaban J connectivity index is 2.95. The third kappa shape index (κ3) is 2.45. The molecule has 1 aromatic rings. The number of hydrogen-bond donors (Lipinski definition) is 3. The Morgan fingerprint density at radius 3 is 2.77 bits per heavy atom. The molecule has 0 saturated heterocycles. The third-order valence-corrected chi connectivity index (χ3v) is 1.49. The summed E-state index contributed by atoms with van der Waals surface area (Å²) < 4.78 is 0. The van der Waals surface area contributed by atoms with Crippen molar-refractivity contribution in [2.75, 3.05) is 0 Å². The standard InChI is InChI=1S/C9H12N2O2/c1-6(10)11-5-7-3-2-4-8(12)9(7)13/h2-6,12-13H,10H2,1H3/b11-5+. The Morgan fingerprint density at radius 1 is 1.46 bits per heavy atom. The first-order valence-corrected chi connectivity index (χ1v) is 3.91. The lowest BCUT2D eigenvalue weighted by atomic mass is 10.2. The molecule has 0 aliphatic carbocycles. The van der Waals surface area contributed by atoms with Crippen LogP contribution < -0.4 is 5.73 Å². The van der Waals surface area contributed by atoms with Gasteiger partial charge in [-0.05, 0) is 19.1 Å². The number of phenols is 2. The van der Waals surface area contributed by atoms with Crippen molar-refractivity contribution in [2.24, 2.45) is 10.7 Å². The quantitative estimate of drug-likeness (QED) is 0.465. The number of para-hydroxylation sites is 1. The van der Waals surface area contributed by atoms with Crippen LogP contribution in [0, 0.1) is 0 Å². The molecule has 70 valence electrons. The molecule has 0 saturated carbocycles. The van der Waals surface area contributed by atoms with Gasteiger partial charge in [0.25, 0.3) is 0 Å². The molecule has 4 N–H and O–H groups in total. The predicted molar refractivity (Wildman–Crippen MR) is 51.0 cm³/mol. The van der Waals surface area contributed by atoms with Gasteiger partial charge in [-0.3, -0.25) is 4.99 Å². The number of nitrogens with two attached hydrogens (primary N) is 1. The van der Waals surface area contributed by atoms with Gasteiger partial charge >= 0.3 is 0 Å². The number of benzene rings is 1. The number of aliphatic imine (C=N–C) groups is 1. The van der Waals surface area contributed by atoms with Gasteiger partial charge in [-0.1, -0.05) is 6.07 Å². The molecule has 4 heteroatoms. The smallest absolute Gasteiger partial charge is 0.166 e. The maximum absolute atomic E-state index is 9.33. The van der Waals surface area contributed by atoms with Crippen molar-refractivity contribution >= 4 is 6.21 Å². The van der Waals surface area contributed by atoms with Crippen molar-refractivity contribution in [1.82, 2.24) is 0 Å². The van der Waals surface area contributed by atoms with Crippen LogP contribution in [0.2, 0.25) is 0 Å². The van der Waals surface area contributed by atoms with Crippen molar-refractivity contribution in [3.63, 3.8) is 0 Å². The minimum absolute atomic E-state index is 0.159. The summed E-state index contributed by atoms with van der Waals surface area (Å²) in [6.45, 7) is 1.72. The second kappa shape index (κ2) is 3.91. The number of rotatable bonds is 2. The molecule has 4 nitrogen and oxygen atoms in total. The van der Waals surface area contributed by atoms with Crippen molar-refractivity contribution < 1.29 is 10.2 Å². The van der Waals surface area contributed by atoms with E-state index in [1.165, 1.54) is 12.3 Å². The average molecular weight is 180 g/mol.